The molecule has 0 aromatic carbocycles. The van der Waals surface area contributed by atoms with E-state index < -0.39 is 0 Å². The zero-order valence-corrected chi connectivity index (χ0v) is 10.7. The van der Waals surface area contributed by atoms with E-state index >= 15 is 0 Å². The summed E-state index contributed by atoms with van der Waals surface area (Å²) in [5.74, 6) is 1.77. The second-order valence-electron chi connectivity index (χ2n) is 4.93. The molecule has 1 heterocycles. The first-order valence-electron chi connectivity index (χ1n) is 6.06. The van der Waals surface area contributed by atoms with Crippen LogP contribution in [0.4, 0.5) is 5.82 Å². The van der Waals surface area contributed by atoms with Crippen LogP contribution in [-0.2, 0) is 0 Å². The van der Waals surface area contributed by atoms with Gasteiger partial charge < -0.3 is 4.90 Å². The average Bonchev–Trinajstić information content (AvgIpc) is 3.02. The van der Waals surface area contributed by atoms with E-state index in [1.165, 1.54) is 19.3 Å². The first-order valence-corrected chi connectivity index (χ1v) is 6.44. The number of halogens is 1. The van der Waals surface area contributed by atoms with Crippen molar-refractivity contribution in [2.45, 2.75) is 39.2 Å². The van der Waals surface area contributed by atoms with Crippen LogP contribution < -0.4 is 4.90 Å². The van der Waals surface area contributed by atoms with Crippen LogP contribution in [0.2, 0.25) is 5.15 Å². The van der Waals surface area contributed by atoms with Gasteiger partial charge in [-0.3, -0.25) is 0 Å². The smallest absolute Gasteiger partial charge is 0.131 e. The highest BCUT2D eigenvalue weighted by molar-refractivity contribution is 6.29. The molecule has 2 nitrogen and oxygen atoms in total. The largest absolute Gasteiger partial charge is 0.354 e. The van der Waals surface area contributed by atoms with Crippen LogP contribution in [0.15, 0.2) is 18.2 Å². The number of rotatable bonds is 5. The molecule has 0 spiro atoms. The van der Waals surface area contributed by atoms with E-state index in [-0.39, 0.29) is 0 Å². The molecule has 1 saturated carbocycles. The van der Waals surface area contributed by atoms with Gasteiger partial charge in [-0.2, -0.15) is 0 Å². The van der Waals surface area contributed by atoms with Crippen molar-refractivity contribution < 1.29 is 0 Å². The first-order chi connectivity index (χ1) is 7.66. The van der Waals surface area contributed by atoms with Crippen LogP contribution in [0.1, 0.15) is 33.1 Å². The lowest BCUT2D eigenvalue weighted by molar-refractivity contribution is 0.568. The maximum atomic E-state index is 5.94. The summed E-state index contributed by atoms with van der Waals surface area (Å²) >= 11 is 5.94. The number of hydrogen-bond acceptors (Lipinski definition) is 2. The van der Waals surface area contributed by atoms with Gasteiger partial charge in [0.1, 0.15) is 11.0 Å². The Labute approximate surface area is 103 Å². The fraction of sp³-hybridized carbons (Fsp3) is 0.615. The summed E-state index contributed by atoms with van der Waals surface area (Å²) in [6.45, 7) is 5.61. The van der Waals surface area contributed by atoms with Crippen molar-refractivity contribution in [3.05, 3.63) is 23.4 Å². The van der Waals surface area contributed by atoms with Crippen LogP contribution >= 0.6 is 11.6 Å². The Hall–Kier alpha value is -0.760. The molecule has 1 aromatic rings. The average molecular weight is 239 g/mol. The number of pyridine rings is 1. The van der Waals surface area contributed by atoms with Gasteiger partial charge in [-0.1, -0.05) is 31.5 Å². The van der Waals surface area contributed by atoms with Gasteiger partial charge in [-0.25, -0.2) is 4.98 Å². The molecular weight excluding hydrogens is 220 g/mol. The van der Waals surface area contributed by atoms with Crippen molar-refractivity contribution in [2.24, 2.45) is 5.92 Å². The van der Waals surface area contributed by atoms with Gasteiger partial charge in [0.2, 0.25) is 0 Å². The SMILES string of the molecule is CC(C)CCN(c1cccc(Cl)n1)C1CC1. The van der Waals surface area contributed by atoms with Crippen molar-refractivity contribution >= 4 is 17.4 Å². The molecule has 16 heavy (non-hydrogen) atoms. The van der Waals surface area contributed by atoms with Gasteiger partial charge >= 0.3 is 0 Å². The number of aromatic nitrogens is 1. The fourth-order valence-electron chi connectivity index (χ4n) is 1.83. The van der Waals surface area contributed by atoms with E-state index in [2.05, 4.69) is 29.8 Å². The van der Waals surface area contributed by atoms with Gasteiger partial charge in [-0.15, -0.1) is 0 Å². The molecule has 1 fully saturated rings. The lowest BCUT2D eigenvalue weighted by Crippen LogP contribution is -2.28. The highest BCUT2D eigenvalue weighted by Crippen LogP contribution is 2.31. The van der Waals surface area contributed by atoms with E-state index in [4.69, 9.17) is 11.6 Å². The molecule has 0 bridgehead atoms. The topological polar surface area (TPSA) is 16.1 Å². The summed E-state index contributed by atoms with van der Waals surface area (Å²) in [4.78, 5) is 6.81. The molecule has 1 aliphatic rings. The lowest BCUT2D eigenvalue weighted by atomic mass is 10.1. The van der Waals surface area contributed by atoms with E-state index in [0.29, 0.717) is 11.2 Å². The van der Waals surface area contributed by atoms with Gasteiger partial charge in [0.25, 0.3) is 0 Å². The minimum Gasteiger partial charge on any atom is -0.354 e. The Balaban J connectivity index is 2.06. The van der Waals surface area contributed by atoms with Gasteiger partial charge in [0.15, 0.2) is 0 Å². The van der Waals surface area contributed by atoms with Gasteiger partial charge in [-0.05, 0) is 37.3 Å². The summed E-state index contributed by atoms with van der Waals surface area (Å²) in [5.41, 5.74) is 0. The zero-order chi connectivity index (χ0) is 11.5. The minimum atomic E-state index is 0.590. The molecule has 2 rings (SSSR count). The minimum absolute atomic E-state index is 0.590. The van der Waals surface area contributed by atoms with Crippen molar-refractivity contribution in [3.8, 4) is 0 Å². The highest BCUT2D eigenvalue weighted by atomic mass is 35.5. The summed E-state index contributed by atoms with van der Waals surface area (Å²) in [5, 5.41) is 0.590. The van der Waals surface area contributed by atoms with Crippen LogP contribution in [0.3, 0.4) is 0 Å². The third-order valence-electron chi connectivity index (χ3n) is 2.93. The van der Waals surface area contributed by atoms with Crippen molar-refractivity contribution in [1.29, 1.82) is 0 Å². The van der Waals surface area contributed by atoms with Gasteiger partial charge in [0, 0.05) is 12.6 Å². The molecule has 88 valence electrons. The van der Waals surface area contributed by atoms with E-state index in [1.807, 2.05) is 12.1 Å². The van der Waals surface area contributed by atoms with Crippen molar-refractivity contribution in [3.63, 3.8) is 0 Å². The third-order valence-corrected chi connectivity index (χ3v) is 3.14. The molecular formula is C13H19ClN2. The fourth-order valence-corrected chi connectivity index (χ4v) is 1.98. The summed E-state index contributed by atoms with van der Waals surface area (Å²) < 4.78 is 0. The summed E-state index contributed by atoms with van der Waals surface area (Å²) in [6.07, 6.45) is 3.81. The van der Waals surface area contributed by atoms with Crippen molar-refractivity contribution in [1.82, 2.24) is 4.98 Å². The number of hydrogen-bond donors (Lipinski definition) is 0. The van der Waals surface area contributed by atoms with Crippen LogP contribution in [0.5, 0.6) is 0 Å². The maximum Gasteiger partial charge on any atom is 0.131 e. The lowest BCUT2D eigenvalue weighted by Gasteiger charge is -2.24. The molecule has 1 aromatic heterocycles. The zero-order valence-electron chi connectivity index (χ0n) is 9.99. The predicted octanol–water partition coefficient (Wildman–Crippen LogP) is 3.75. The second-order valence-corrected chi connectivity index (χ2v) is 5.31. The normalized spacial score (nSPS) is 15.5. The Morgan fingerprint density at radius 2 is 2.19 bits per heavy atom. The van der Waals surface area contributed by atoms with Crippen LogP contribution in [0.25, 0.3) is 0 Å². The Morgan fingerprint density at radius 3 is 2.75 bits per heavy atom. The number of anilines is 1. The Morgan fingerprint density at radius 1 is 1.44 bits per heavy atom. The molecule has 0 amide bonds. The molecule has 0 atom stereocenters. The molecule has 3 heteroatoms. The summed E-state index contributed by atoms with van der Waals surface area (Å²) in [7, 11) is 0. The Kier molecular flexibility index (Phi) is 3.70. The Bertz CT molecular complexity index is 348. The molecule has 0 radical (unpaired) electrons. The van der Waals surface area contributed by atoms with Crippen LogP contribution in [-0.4, -0.2) is 17.6 Å². The molecule has 0 N–H and O–H groups in total. The predicted molar refractivity (Wildman–Crippen MR) is 69.1 cm³/mol. The van der Waals surface area contributed by atoms with Crippen LogP contribution in [0, 0.1) is 5.92 Å². The number of nitrogens with zero attached hydrogens (tertiary/aromatic N) is 2. The molecule has 1 aliphatic carbocycles. The first kappa shape index (κ1) is 11.7. The van der Waals surface area contributed by atoms with E-state index in [0.717, 1.165) is 18.3 Å². The van der Waals surface area contributed by atoms with Gasteiger partial charge in [0.05, 0.1) is 0 Å². The summed E-state index contributed by atoms with van der Waals surface area (Å²) in [6, 6.07) is 6.57. The molecule has 0 aliphatic heterocycles. The standard InChI is InChI=1S/C13H19ClN2/c1-10(2)8-9-16(11-6-7-11)13-5-3-4-12(14)15-13/h3-5,10-11H,6-9H2,1-2H3. The molecule has 0 saturated heterocycles. The van der Waals surface area contributed by atoms with E-state index in [9.17, 15) is 0 Å². The van der Waals surface area contributed by atoms with E-state index in [1.54, 1.807) is 0 Å². The monoisotopic (exact) mass is 238 g/mol. The quantitative estimate of drug-likeness (QED) is 0.727. The second kappa shape index (κ2) is 5.05. The molecule has 0 unspecified atom stereocenters. The third kappa shape index (κ3) is 3.11. The maximum absolute atomic E-state index is 5.94. The van der Waals surface area contributed by atoms with Crippen molar-refractivity contribution in [2.75, 3.05) is 11.4 Å². The highest BCUT2D eigenvalue weighted by Gasteiger charge is 2.29.